The Morgan fingerprint density at radius 2 is 2.29 bits per heavy atom. The SMILES string of the molecule is CCCC(CN)C(=O)NC(CC)c1cccs1. The Labute approximate surface area is 107 Å². The molecule has 2 unspecified atom stereocenters. The molecule has 4 heteroatoms. The number of nitrogens with two attached hydrogens (primary N) is 1. The molecule has 2 atom stereocenters. The quantitative estimate of drug-likeness (QED) is 0.786. The largest absolute Gasteiger partial charge is 0.348 e. The Balaban J connectivity index is 2.59. The van der Waals surface area contributed by atoms with Gasteiger partial charge in [-0.15, -0.1) is 11.3 Å². The monoisotopic (exact) mass is 254 g/mol. The summed E-state index contributed by atoms with van der Waals surface area (Å²) in [5, 5.41) is 5.13. The summed E-state index contributed by atoms with van der Waals surface area (Å²) in [7, 11) is 0. The van der Waals surface area contributed by atoms with E-state index in [1.165, 1.54) is 4.88 Å². The molecule has 1 rings (SSSR count). The lowest BCUT2D eigenvalue weighted by atomic mass is 10.0. The minimum absolute atomic E-state index is 0.0472. The number of carbonyl (C=O) groups is 1. The first-order chi connectivity index (χ1) is 8.22. The van der Waals surface area contributed by atoms with E-state index in [0.29, 0.717) is 6.54 Å². The zero-order valence-electron chi connectivity index (χ0n) is 10.6. The summed E-state index contributed by atoms with van der Waals surface area (Å²) in [6, 6.07) is 4.21. The molecule has 0 saturated carbocycles. The van der Waals surface area contributed by atoms with Gasteiger partial charge in [0.15, 0.2) is 0 Å². The van der Waals surface area contributed by atoms with Crippen LogP contribution in [0.1, 0.15) is 44.0 Å². The third-order valence-corrected chi connectivity index (χ3v) is 3.89. The van der Waals surface area contributed by atoms with Crippen molar-refractivity contribution in [3.8, 4) is 0 Å². The molecule has 0 aliphatic heterocycles. The van der Waals surface area contributed by atoms with E-state index >= 15 is 0 Å². The summed E-state index contributed by atoms with van der Waals surface area (Å²) < 4.78 is 0. The van der Waals surface area contributed by atoms with E-state index in [-0.39, 0.29) is 17.9 Å². The van der Waals surface area contributed by atoms with Crippen LogP contribution in [-0.2, 0) is 4.79 Å². The summed E-state index contributed by atoms with van der Waals surface area (Å²) in [5.41, 5.74) is 5.64. The molecule has 3 nitrogen and oxygen atoms in total. The number of hydrogen-bond donors (Lipinski definition) is 2. The minimum atomic E-state index is -0.0472. The zero-order chi connectivity index (χ0) is 12.7. The summed E-state index contributed by atoms with van der Waals surface area (Å²) in [4.78, 5) is 13.3. The Hall–Kier alpha value is -0.870. The second-order valence-electron chi connectivity index (χ2n) is 4.21. The third kappa shape index (κ3) is 4.13. The van der Waals surface area contributed by atoms with Gasteiger partial charge in [0.05, 0.1) is 12.0 Å². The fraction of sp³-hybridized carbons (Fsp3) is 0.615. The molecule has 0 saturated heterocycles. The van der Waals surface area contributed by atoms with Crippen molar-refractivity contribution in [1.29, 1.82) is 0 Å². The normalized spacial score (nSPS) is 14.3. The van der Waals surface area contributed by atoms with E-state index in [9.17, 15) is 4.79 Å². The van der Waals surface area contributed by atoms with E-state index in [2.05, 4.69) is 25.2 Å². The van der Waals surface area contributed by atoms with Gasteiger partial charge in [-0.3, -0.25) is 4.79 Å². The van der Waals surface area contributed by atoms with Crippen LogP contribution in [0.2, 0.25) is 0 Å². The Morgan fingerprint density at radius 1 is 1.53 bits per heavy atom. The average molecular weight is 254 g/mol. The molecule has 0 radical (unpaired) electrons. The zero-order valence-corrected chi connectivity index (χ0v) is 11.4. The summed E-state index contributed by atoms with van der Waals surface area (Å²) >= 11 is 1.68. The lowest BCUT2D eigenvalue weighted by molar-refractivity contribution is -0.125. The van der Waals surface area contributed by atoms with Crippen molar-refractivity contribution >= 4 is 17.2 Å². The number of hydrogen-bond acceptors (Lipinski definition) is 3. The van der Waals surface area contributed by atoms with Crippen LogP contribution in [0.4, 0.5) is 0 Å². The molecule has 1 amide bonds. The van der Waals surface area contributed by atoms with Crippen molar-refractivity contribution in [1.82, 2.24) is 5.32 Å². The van der Waals surface area contributed by atoms with Gasteiger partial charge in [-0.2, -0.15) is 0 Å². The minimum Gasteiger partial charge on any atom is -0.348 e. The first-order valence-electron chi connectivity index (χ1n) is 6.26. The number of amides is 1. The molecule has 0 aliphatic carbocycles. The highest BCUT2D eigenvalue weighted by molar-refractivity contribution is 7.10. The van der Waals surface area contributed by atoms with Gasteiger partial charge in [-0.1, -0.05) is 26.3 Å². The first kappa shape index (κ1) is 14.2. The van der Waals surface area contributed by atoms with Crippen LogP contribution in [0.25, 0.3) is 0 Å². The molecule has 1 heterocycles. The molecule has 96 valence electrons. The van der Waals surface area contributed by atoms with Gasteiger partial charge in [0.25, 0.3) is 0 Å². The van der Waals surface area contributed by atoms with E-state index in [0.717, 1.165) is 19.3 Å². The van der Waals surface area contributed by atoms with Crippen LogP contribution >= 0.6 is 11.3 Å². The molecule has 17 heavy (non-hydrogen) atoms. The van der Waals surface area contributed by atoms with E-state index in [1.54, 1.807) is 11.3 Å². The summed E-state index contributed by atoms with van der Waals surface area (Å²) in [6.45, 7) is 4.59. The standard InChI is InChI=1S/C13H22N2OS/c1-3-6-10(9-14)13(16)15-11(4-2)12-7-5-8-17-12/h5,7-8,10-11H,3-4,6,9,14H2,1-2H3,(H,15,16). The van der Waals surface area contributed by atoms with E-state index in [4.69, 9.17) is 5.73 Å². The second-order valence-corrected chi connectivity index (χ2v) is 5.19. The molecule has 1 aromatic heterocycles. The van der Waals surface area contributed by atoms with Crippen molar-refractivity contribution in [2.45, 2.75) is 39.2 Å². The first-order valence-corrected chi connectivity index (χ1v) is 7.14. The molecule has 0 fully saturated rings. The number of carbonyl (C=O) groups excluding carboxylic acids is 1. The van der Waals surface area contributed by atoms with Crippen LogP contribution in [0, 0.1) is 5.92 Å². The predicted molar refractivity (Wildman–Crippen MR) is 72.9 cm³/mol. The average Bonchev–Trinajstić information content (AvgIpc) is 2.86. The predicted octanol–water partition coefficient (Wildman–Crippen LogP) is 2.69. The molecular formula is C13H22N2OS. The highest BCUT2D eigenvalue weighted by Gasteiger charge is 2.19. The number of nitrogens with one attached hydrogen (secondary N) is 1. The lowest BCUT2D eigenvalue weighted by Crippen LogP contribution is -2.36. The van der Waals surface area contributed by atoms with E-state index in [1.807, 2.05) is 11.4 Å². The third-order valence-electron chi connectivity index (χ3n) is 2.90. The van der Waals surface area contributed by atoms with Crippen molar-refractivity contribution in [2.24, 2.45) is 11.7 Å². The van der Waals surface area contributed by atoms with Gasteiger partial charge in [0.2, 0.25) is 5.91 Å². The van der Waals surface area contributed by atoms with E-state index < -0.39 is 0 Å². The summed E-state index contributed by atoms with van der Waals surface area (Å²) in [6.07, 6.45) is 2.77. The van der Waals surface area contributed by atoms with Crippen molar-refractivity contribution < 1.29 is 4.79 Å². The molecular weight excluding hydrogens is 232 g/mol. The van der Waals surface area contributed by atoms with Crippen LogP contribution in [0.5, 0.6) is 0 Å². The van der Waals surface area contributed by atoms with Gasteiger partial charge in [-0.05, 0) is 24.3 Å². The van der Waals surface area contributed by atoms with Crippen LogP contribution in [-0.4, -0.2) is 12.5 Å². The Kier molecular flexibility index (Phi) is 6.22. The topological polar surface area (TPSA) is 55.1 Å². The maximum absolute atomic E-state index is 12.0. The van der Waals surface area contributed by atoms with Gasteiger partial charge in [0, 0.05) is 11.4 Å². The molecule has 0 spiro atoms. The molecule has 0 aromatic carbocycles. The second kappa shape index (κ2) is 7.45. The van der Waals surface area contributed by atoms with Gasteiger partial charge in [0.1, 0.15) is 0 Å². The van der Waals surface area contributed by atoms with Gasteiger partial charge >= 0.3 is 0 Å². The van der Waals surface area contributed by atoms with Gasteiger partial charge < -0.3 is 11.1 Å². The van der Waals surface area contributed by atoms with Crippen molar-refractivity contribution in [2.75, 3.05) is 6.54 Å². The summed E-state index contributed by atoms with van der Waals surface area (Å²) in [5.74, 6) is 0.0450. The lowest BCUT2D eigenvalue weighted by Gasteiger charge is -2.20. The Morgan fingerprint density at radius 3 is 2.76 bits per heavy atom. The van der Waals surface area contributed by atoms with Crippen molar-refractivity contribution in [3.63, 3.8) is 0 Å². The maximum Gasteiger partial charge on any atom is 0.224 e. The van der Waals surface area contributed by atoms with Crippen LogP contribution < -0.4 is 11.1 Å². The fourth-order valence-corrected chi connectivity index (χ4v) is 2.72. The maximum atomic E-state index is 12.0. The molecule has 0 bridgehead atoms. The molecule has 0 aliphatic rings. The highest BCUT2D eigenvalue weighted by atomic mass is 32.1. The smallest absolute Gasteiger partial charge is 0.224 e. The highest BCUT2D eigenvalue weighted by Crippen LogP contribution is 2.22. The number of rotatable bonds is 7. The van der Waals surface area contributed by atoms with Crippen molar-refractivity contribution in [3.05, 3.63) is 22.4 Å². The van der Waals surface area contributed by atoms with Gasteiger partial charge in [-0.25, -0.2) is 0 Å². The Bertz CT molecular complexity index is 324. The van der Waals surface area contributed by atoms with Crippen LogP contribution in [0.15, 0.2) is 17.5 Å². The molecule has 3 N–H and O–H groups in total. The molecule has 1 aromatic rings. The fourth-order valence-electron chi connectivity index (χ4n) is 1.86. The number of thiophene rings is 1. The van der Waals surface area contributed by atoms with Crippen LogP contribution in [0.3, 0.4) is 0 Å².